The number of amides is 3. The van der Waals surface area contributed by atoms with Gasteiger partial charge in [0.2, 0.25) is 0 Å². The van der Waals surface area contributed by atoms with Crippen LogP contribution in [-0.4, -0.2) is 41.0 Å². The molecule has 0 saturated carbocycles. The molecule has 0 aliphatic carbocycles. The van der Waals surface area contributed by atoms with Gasteiger partial charge in [-0.25, -0.2) is 14.1 Å². The van der Waals surface area contributed by atoms with E-state index in [1.165, 1.54) is 23.1 Å². The van der Waals surface area contributed by atoms with E-state index in [9.17, 15) is 14.0 Å². The molecule has 20 heavy (non-hydrogen) atoms. The molecular weight excluding hydrogens is 285 g/mol. The number of rotatable bonds is 3. The number of fused-ring (bicyclic) bond motifs is 1. The average Bonchev–Trinajstić information content (AvgIpc) is 2.98. The fourth-order valence-corrected chi connectivity index (χ4v) is 2.78. The number of urea groups is 1. The SMILES string of the molecule is O=C1[C@@H]2CCCN2C(=O)N1CNc1ccc(F)c(Cl)c1. The minimum absolute atomic E-state index is 0.00491. The molecule has 106 valence electrons. The molecule has 0 radical (unpaired) electrons. The van der Waals surface area contributed by atoms with Crippen molar-refractivity contribution in [3.05, 3.63) is 29.0 Å². The molecule has 1 N–H and O–H groups in total. The molecule has 0 aromatic heterocycles. The highest BCUT2D eigenvalue weighted by Gasteiger charge is 2.47. The van der Waals surface area contributed by atoms with Crippen LogP contribution < -0.4 is 5.32 Å². The zero-order valence-corrected chi connectivity index (χ0v) is 11.4. The van der Waals surface area contributed by atoms with Crippen molar-refractivity contribution in [2.45, 2.75) is 18.9 Å². The lowest BCUT2D eigenvalue weighted by atomic mass is 10.2. The van der Waals surface area contributed by atoms with E-state index in [2.05, 4.69) is 5.32 Å². The summed E-state index contributed by atoms with van der Waals surface area (Å²) < 4.78 is 13.0. The maximum Gasteiger partial charge on any atom is 0.328 e. The Morgan fingerprint density at radius 3 is 2.90 bits per heavy atom. The van der Waals surface area contributed by atoms with Gasteiger partial charge in [0.25, 0.3) is 5.91 Å². The van der Waals surface area contributed by atoms with Crippen molar-refractivity contribution < 1.29 is 14.0 Å². The first-order chi connectivity index (χ1) is 9.58. The molecule has 3 rings (SSSR count). The molecular formula is C13H13ClFN3O2. The van der Waals surface area contributed by atoms with Gasteiger partial charge >= 0.3 is 6.03 Å². The highest BCUT2D eigenvalue weighted by Crippen LogP contribution is 2.27. The van der Waals surface area contributed by atoms with E-state index in [-0.39, 0.29) is 29.7 Å². The van der Waals surface area contributed by atoms with Gasteiger partial charge in [0.05, 0.1) is 11.7 Å². The molecule has 5 nitrogen and oxygen atoms in total. The van der Waals surface area contributed by atoms with E-state index in [4.69, 9.17) is 11.6 Å². The normalized spacial score (nSPS) is 21.6. The number of carbonyl (C=O) groups is 2. The van der Waals surface area contributed by atoms with Crippen LogP contribution in [0.1, 0.15) is 12.8 Å². The summed E-state index contributed by atoms with van der Waals surface area (Å²) >= 11 is 5.67. The summed E-state index contributed by atoms with van der Waals surface area (Å²) in [6.45, 7) is 0.695. The number of anilines is 1. The molecule has 0 unspecified atom stereocenters. The maximum atomic E-state index is 13.0. The summed E-state index contributed by atoms with van der Waals surface area (Å²) in [5.74, 6) is -0.681. The van der Waals surface area contributed by atoms with E-state index in [1.807, 2.05) is 0 Å². The molecule has 2 aliphatic rings. The van der Waals surface area contributed by atoms with Gasteiger partial charge in [-0.3, -0.25) is 4.79 Å². The molecule has 0 bridgehead atoms. The molecule has 2 heterocycles. The number of halogens is 2. The van der Waals surface area contributed by atoms with Crippen LogP contribution in [0.3, 0.4) is 0 Å². The van der Waals surface area contributed by atoms with Crippen molar-refractivity contribution in [3.63, 3.8) is 0 Å². The van der Waals surface area contributed by atoms with Gasteiger partial charge in [-0.15, -0.1) is 0 Å². The number of hydrogen-bond acceptors (Lipinski definition) is 3. The van der Waals surface area contributed by atoms with E-state index in [0.29, 0.717) is 12.2 Å². The summed E-state index contributed by atoms with van der Waals surface area (Å²) in [5, 5.41) is 2.91. The predicted molar refractivity (Wildman–Crippen MR) is 71.9 cm³/mol. The molecule has 2 fully saturated rings. The zero-order chi connectivity index (χ0) is 14.3. The summed E-state index contributed by atoms with van der Waals surface area (Å²) in [4.78, 5) is 26.9. The Hall–Kier alpha value is -1.82. The largest absolute Gasteiger partial charge is 0.367 e. The number of nitrogens with one attached hydrogen (secondary N) is 1. The summed E-state index contributed by atoms with van der Waals surface area (Å²) in [7, 11) is 0. The van der Waals surface area contributed by atoms with E-state index >= 15 is 0 Å². The van der Waals surface area contributed by atoms with Crippen molar-refractivity contribution >= 4 is 29.2 Å². The van der Waals surface area contributed by atoms with Crippen LogP contribution in [0.2, 0.25) is 5.02 Å². The van der Waals surface area contributed by atoms with E-state index in [1.54, 1.807) is 4.90 Å². The first kappa shape index (κ1) is 13.2. The third-order valence-corrected chi connectivity index (χ3v) is 3.93. The van der Waals surface area contributed by atoms with Gasteiger partial charge < -0.3 is 10.2 Å². The first-order valence-corrected chi connectivity index (χ1v) is 6.76. The molecule has 3 amide bonds. The third-order valence-electron chi connectivity index (χ3n) is 3.64. The molecule has 2 aliphatic heterocycles. The van der Waals surface area contributed by atoms with Gasteiger partial charge in [-0.1, -0.05) is 11.6 Å². The molecule has 1 aromatic carbocycles. The van der Waals surface area contributed by atoms with Crippen LogP contribution >= 0.6 is 11.6 Å². The standard InChI is InChI=1S/C13H13ClFN3O2/c14-9-6-8(3-4-10(9)15)16-7-18-12(19)11-2-1-5-17(11)13(18)20/h3-4,6,11,16H,1-2,5,7H2/t11-/m0/s1. The minimum Gasteiger partial charge on any atom is -0.367 e. The lowest BCUT2D eigenvalue weighted by Crippen LogP contribution is -2.37. The second-order valence-electron chi connectivity index (χ2n) is 4.86. The minimum atomic E-state index is -0.508. The van der Waals surface area contributed by atoms with Gasteiger partial charge in [0, 0.05) is 12.2 Å². The van der Waals surface area contributed by atoms with Crippen LogP contribution in [0, 0.1) is 5.82 Å². The fourth-order valence-electron chi connectivity index (χ4n) is 2.60. The van der Waals surface area contributed by atoms with Gasteiger partial charge in [-0.05, 0) is 31.0 Å². The third kappa shape index (κ3) is 2.10. The summed E-state index contributed by atoms with van der Waals surface area (Å²) in [6, 6.07) is 3.59. The number of hydrogen-bond donors (Lipinski definition) is 1. The predicted octanol–water partition coefficient (Wildman–Crippen LogP) is 2.28. The highest BCUT2D eigenvalue weighted by molar-refractivity contribution is 6.31. The number of carbonyl (C=O) groups excluding carboxylic acids is 2. The van der Waals surface area contributed by atoms with Crippen molar-refractivity contribution in [1.29, 1.82) is 0 Å². The van der Waals surface area contributed by atoms with Crippen LogP contribution in [0.4, 0.5) is 14.9 Å². The van der Waals surface area contributed by atoms with Gasteiger partial charge in [-0.2, -0.15) is 0 Å². The number of nitrogens with zero attached hydrogens (tertiary/aromatic N) is 2. The van der Waals surface area contributed by atoms with Crippen molar-refractivity contribution in [3.8, 4) is 0 Å². The first-order valence-electron chi connectivity index (χ1n) is 6.39. The van der Waals surface area contributed by atoms with Gasteiger partial charge in [0.1, 0.15) is 11.9 Å². The van der Waals surface area contributed by atoms with Crippen molar-refractivity contribution in [2.75, 3.05) is 18.5 Å². The lowest BCUT2D eigenvalue weighted by molar-refractivity contribution is -0.127. The van der Waals surface area contributed by atoms with Crippen LogP contribution in [0.15, 0.2) is 18.2 Å². The Balaban J connectivity index is 1.68. The lowest BCUT2D eigenvalue weighted by Gasteiger charge is -2.17. The van der Waals surface area contributed by atoms with E-state index in [0.717, 1.165) is 12.8 Å². The quantitative estimate of drug-likeness (QED) is 0.871. The Kier molecular flexibility index (Phi) is 3.25. The average molecular weight is 298 g/mol. The molecule has 1 atom stereocenters. The molecule has 7 heteroatoms. The van der Waals surface area contributed by atoms with Crippen LogP contribution in [0.25, 0.3) is 0 Å². The second-order valence-corrected chi connectivity index (χ2v) is 5.27. The second kappa shape index (κ2) is 4.94. The monoisotopic (exact) mass is 297 g/mol. The summed E-state index contributed by atoms with van der Waals surface area (Å²) in [5.41, 5.74) is 0.559. The molecule has 2 saturated heterocycles. The van der Waals surface area contributed by atoms with Crippen molar-refractivity contribution in [2.24, 2.45) is 0 Å². The number of benzene rings is 1. The Morgan fingerprint density at radius 1 is 1.40 bits per heavy atom. The number of imide groups is 1. The van der Waals surface area contributed by atoms with Crippen molar-refractivity contribution in [1.82, 2.24) is 9.80 Å². The van der Waals surface area contributed by atoms with Crippen LogP contribution in [-0.2, 0) is 4.79 Å². The Bertz CT molecular complexity index is 559. The van der Waals surface area contributed by atoms with Crippen LogP contribution in [0.5, 0.6) is 0 Å². The Labute approximate surface area is 120 Å². The molecule has 0 spiro atoms. The summed E-state index contributed by atoms with van der Waals surface area (Å²) in [6.07, 6.45) is 1.60. The topological polar surface area (TPSA) is 52.7 Å². The smallest absolute Gasteiger partial charge is 0.328 e. The highest BCUT2D eigenvalue weighted by atomic mass is 35.5. The van der Waals surface area contributed by atoms with E-state index < -0.39 is 5.82 Å². The molecule has 1 aromatic rings. The maximum absolute atomic E-state index is 13.0. The Morgan fingerprint density at radius 2 is 2.20 bits per heavy atom. The fraction of sp³-hybridized carbons (Fsp3) is 0.385. The zero-order valence-electron chi connectivity index (χ0n) is 10.6. The van der Waals surface area contributed by atoms with Gasteiger partial charge in [0.15, 0.2) is 0 Å².